The summed E-state index contributed by atoms with van der Waals surface area (Å²) >= 11 is 0. The number of carbonyl (C=O) groups is 2. The maximum absolute atomic E-state index is 11.8. The molecule has 1 rings (SSSR count). The predicted octanol–water partition coefficient (Wildman–Crippen LogP) is 0.0210. The minimum Gasteiger partial charge on any atom is -0.481 e. The summed E-state index contributed by atoms with van der Waals surface area (Å²) in [6, 6.07) is 0. The zero-order valence-corrected chi connectivity index (χ0v) is 10.1. The number of aliphatic carboxylic acids is 1. The number of hydrogen-bond donors (Lipinski definition) is 2. The molecule has 5 nitrogen and oxygen atoms in total. The Bertz CT molecular complexity index is 274. The van der Waals surface area contributed by atoms with E-state index in [-0.39, 0.29) is 23.7 Å². The molecule has 0 saturated carbocycles. The zero-order valence-electron chi connectivity index (χ0n) is 10.1. The Labute approximate surface area is 95.8 Å². The Morgan fingerprint density at radius 3 is 2.44 bits per heavy atom. The largest absolute Gasteiger partial charge is 0.481 e. The molecular formula is C11H20N2O3. The lowest BCUT2D eigenvalue weighted by molar-refractivity contribution is -0.152. The van der Waals surface area contributed by atoms with Crippen LogP contribution in [0, 0.1) is 17.8 Å². The molecule has 0 radical (unpaired) electrons. The van der Waals surface area contributed by atoms with E-state index in [9.17, 15) is 9.59 Å². The molecule has 2 atom stereocenters. The van der Waals surface area contributed by atoms with Crippen molar-refractivity contribution in [1.82, 2.24) is 10.2 Å². The van der Waals surface area contributed by atoms with Gasteiger partial charge in [-0.2, -0.15) is 0 Å². The molecule has 1 fully saturated rings. The second-order valence-electron chi connectivity index (χ2n) is 4.59. The monoisotopic (exact) mass is 228 g/mol. The molecule has 0 spiro atoms. The highest BCUT2D eigenvalue weighted by molar-refractivity contribution is 5.80. The van der Waals surface area contributed by atoms with Crippen LogP contribution >= 0.6 is 0 Å². The first-order chi connectivity index (χ1) is 7.47. The highest BCUT2D eigenvalue weighted by atomic mass is 16.4. The summed E-state index contributed by atoms with van der Waals surface area (Å²) in [7, 11) is 1.81. The SMILES string of the molecule is CNCC(C)C(=O)N1CC(C(C)C(=O)O)C1. The fraction of sp³-hybridized carbons (Fsp3) is 0.818. The minimum absolute atomic E-state index is 0.0360. The van der Waals surface area contributed by atoms with Gasteiger partial charge in [0, 0.05) is 31.5 Å². The van der Waals surface area contributed by atoms with E-state index in [1.165, 1.54) is 0 Å². The van der Waals surface area contributed by atoms with Gasteiger partial charge < -0.3 is 15.3 Å². The summed E-state index contributed by atoms with van der Waals surface area (Å²) in [5.74, 6) is -0.943. The second kappa shape index (κ2) is 5.30. The summed E-state index contributed by atoms with van der Waals surface area (Å²) < 4.78 is 0. The van der Waals surface area contributed by atoms with Crippen LogP contribution in [0.25, 0.3) is 0 Å². The molecule has 0 bridgehead atoms. The molecule has 1 heterocycles. The predicted molar refractivity (Wildman–Crippen MR) is 60.0 cm³/mol. The van der Waals surface area contributed by atoms with Crippen LogP contribution in [0.5, 0.6) is 0 Å². The highest BCUT2D eigenvalue weighted by Crippen LogP contribution is 2.25. The number of likely N-dealkylation sites (tertiary alicyclic amines) is 1. The average Bonchev–Trinajstić information content (AvgIpc) is 2.15. The van der Waals surface area contributed by atoms with Crippen molar-refractivity contribution < 1.29 is 14.7 Å². The maximum atomic E-state index is 11.8. The van der Waals surface area contributed by atoms with Crippen molar-refractivity contribution in [2.75, 3.05) is 26.7 Å². The van der Waals surface area contributed by atoms with Crippen LogP contribution in [-0.2, 0) is 9.59 Å². The van der Waals surface area contributed by atoms with Gasteiger partial charge >= 0.3 is 5.97 Å². The number of amides is 1. The molecule has 16 heavy (non-hydrogen) atoms. The van der Waals surface area contributed by atoms with E-state index in [1.807, 2.05) is 14.0 Å². The van der Waals surface area contributed by atoms with Crippen LogP contribution in [0.1, 0.15) is 13.8 Å². The number of carboxylic acid groups (broad SMARTS) is 1. The summed E-state index contributed by atoms with van der Waals surface area (Å²) in [4.78, 5) is 24.3. The number of rotatable bonds is 5. The zero-order chi connectivity index (χ0) is 12.3. The topological polar surface area (TPSA) is 69.6 Å². The third-order valence-corrected chi connectivity index (χ3v) is 3.25. The average molecular weight is 228 g/mol. The molecule has 2 unspecified atom stereocenters. The molecular weight excluding hydrogens is 208 g/mol. The van der Waals surface area contributed by atoms with Gasteiger partial charge in [-0.25, -0.2) is 0 Å². The second-order valence-corrected chi connectivity index (χ2v) is 4.59. The van der Waals surface area contributed by atoms with Crippen molar-refractivity contribution in [3.8, 4) is 0 Å². The van der Waals surface area contributed by atoms with Gasteiger partial charge in [0.1, 0.15) is 0 Å². The Hall–Kier alpha value is -1.10. The summed E-state index contributed by atoms with van der Waals surface area (Å²) in [6.45, 7) is 5.41. The van der Waals surface area contributed by atoms with Gasteiger partial charge in [0.05, 0.1) is 5.92 Å². The van der Waals surface area contributed by atoms with Gasteiger partial charge in [-0.3, -0.25) is 9.59 Å². The van der Waals surface area contributed by atoms with Crippen LogP contribution < -0.4 is 5.32 Å². The number of nitrogens with one attached hydrogen (secondary N) is 1. The van der Waals surface area contributed by atoms with E-state index < -0.39 is 5.97 Å². The van der Waals surface area contributed by atoms with Gasteiger partial charge in [0.2, 0.25) is 5.91 Å². The number of carboxylic acids is 1. The fourth-order valence-electron chi connectivity index (χ4n) is 1.92. The fourth-order valence-corrected chi connectivity index (χ4v) is 1.92. The third-order valence-electron chi connectivity index (χ3n) is 3.25. The molecule has 1 amide bonds. The van der Waals surface area contributed by atoms with Crippen molar-refractivity contribution in [3.05, 3.63) is 0 Å². The van der Waals surface area contributed by atoms with Gasteiger partial charge in [0.15, 0.2) is 0 Å². The third kappa shape index (κ3) is 2.72. The first-order valence-electron chi connectivity index (χ1n) is 5.63. The first-order valence-corrected chi connectivity index (χ1v) is 5.63. The van der Waals surface area contributed by atoms with E-state index in [0.717, 1.165) is 0 Å². The summed E-state index contributed by atoms with van der Waals surface area (Å²) in [5.41, 5.74) is 0. The lowest BCUT2D eigenvalue weighted by Gasteiger charge is -2.42. The Balaban J connectivity index is 2.35. The highest BCUT2D eigenvalue weighted by Gasteiger charge is 2.38. The van der Waals surface area contributed by atoms with E-state index in [0.29, 0.717) is 19.6 Å². The lowest BCUT2D eigenvalue weighted by Crippen LogP contribution is -2.55. The van der Waals surface area contributed by atoms with Gasteiger partial charge in [-0.1, -0.05) is 13.8 Å². The molecule has 5 heteroatoms. The first kappa shape index (κ1) is 13.0. The summed E-state index contributed by atoms with van der Waals surface area (Å²) in [6.07, 6.45) is 0. The molecule has 92 valence electrons. The molecule has 0 aromatic carbocycles. The molecule has 0 aliphatic carbocycles. The minimum atomic E-state index is -0.777. The van der Waals surface area contributed by atoms with Crippen LogP contribution in [0.2, 0.25) is 0 Å². The van der Waals surface area contributed by atoms with Crippen LogP contribution in [-0.4, -0.2) is 48.6 Å². The van der Waals surface area contributed by atoms with Crippen LogP contribution in [0.3, 0.4) is 0 Å². The number of carbonyl (C=O) groups excluding carboxylic acids is 1. The number of nitrogens with zero attached hydrogens (tertiary/aromatic N) is 1. The van der Waals surface area contributed by atoms with Crippen molar-refractivity contribution in [2.24, 2.45) is 17.8 Å². The van der Waals surface area contributed by atoms with Crippen LogP contribution in [0.4, 0.5) is 0 Å². The molecule has 1 aliphatic heterocycles. The number of hydrogen-bond acceptors (Lipinski definition) is 3. The van der Waals surface area contributed by atoms with Crippen molar-refractivity contribution in [3.63, 3.8) is 0 Å². The van der Waals surface area contributed by atoms with E-state index in [4.69, 9.17) is 5.11 Å². The Kier molecular flexibility index (Phi) is 4.29. The Morgan fingerprint density at radius 1 is 1.44 bits per heavy atom. The molecule has 1 aliphatic rings. The molecule has 0 aromatic rings. The normalized spacial score (nSPS) is 20.1. The van der Waals surface area contributed by atoms with Crippen molar-refractivity contribution in [2.45, 2.75) is 13.8 Å². The van der Waals surface area contributed by atoms with Gasteiger partial charge in [-0.05, 0) is 7.05 Å². The molecule has 2 N–H and O–H groups in total. The Morgan fingerprint density at radius 2 is 2.00 bits per heavy atom. The van der Waals surface area contributed by atoms with Gasteiger partial charge in [0.25, 0.3) is 0 Å². The molecule has 1 saturated heterocycles. The lowest BCUT2D eigenvalue weighted by atomic mass is 9.86. The van der Waals surface area contributed by atoms with Crippen molar-refractivity contribution in [1.29, 1.82) is 0 Å². The molecule has 0 aromatic heterocycles. The van der Waals surface area contributed by atoms with Crippen molar-refractivity contribution >= 4 is 11.9 Å². The van der Waals surface area contributed by atoms with Crippen LogP contribution in [0.15, 0.2) is 0 Å². The smallest absolute Gasteiger partial charge is 0.306 e. The van der Waals surface area contributed by atoms with E-state index in [2.05, 4.69) is 5.32 Å². The standard InChI is InChI=1S/C11H20N2O3/c1-7(4-12-3)10(14)13-5-9(6-13)8(2)11(15)16/h7-9,12H,4-6H2,1-3H3,(H,15,16). The quantitative estimate of drug-likeness (QED) is 0.696. The van der Waals surface area contributed by atoms with Gasteiger partial charge in [-0.15, -0.1) is 0 Å². The summed E-state index contributed by atoms with van der Waals surface area (Å²) in [5, 5.41) is 11.8. The van der Waals surface area contributed by atoms with E-state index >= 15 is 0 Å². The van der Waals surface area contributed by atoms with E-state index in [1.54, 1.807) is 11.8 Å². The maximum Gasteiger partial charge on any atom is 0.306 e.